The zero-order valence-corrected chi connectivity index (χ0v) is 34.8. The third kappa shape index (κ3) is 7.82. The largest absolute Gasteiger partial charge is 0.433 e. The van der Waals surface area contributed by atoms with Crippen LogP contribution in [0.1, 0.15) is 58.8 Å². The van der Waals surface area contributed by atoms with Gasteiger partial charge in [0.15, 0.2) is 5.82 Å². The van der Waals surface area contributed by atoms with E-state index in [0.29, 0.717) is 10.7 Å². The van der Waals surface area contributed by atoms with Crippen LogP contribution < -0.4 is 15.6 Å². The summed E-state index contributed by atoms with van der Waals surface area (Å²) in [6.07, 6.45) is -7.88. The molecular weight excluding hydrogens is 921 g/mol. The van der Waals surface area contributed by atoms with Crippen LogP contribution in [0.25, 0.3) is 38.8 Å². The molecule has 2 aliphatic rings. The van der Waals surface area contributed by atoms with Crippen molar-refractivity contribution in [1.29, 1.82) is 0 Å². The average Bonchev–Trinajstić information content (AvgIpc) is 3.75. The third-order valence-electron chi connectivity index (χ3n) is 11.1. The third-order valence-corrected chi connectivity index (χ3v) is 12.0. The number of sulfonamides is 1. The SMILES string of the molecule is Cn1nc(NS(C)(=O)=O)c2c(Cl)ccc(-n3c(C(Cc4cc(F)cc(F)c4)NC(=O)Cn4nc(C(F)F)c5c4C(F)(F)[C@@H]4C[C@H]54)nc4cc(-c5cccc(C(F)(F)F)n5)ccc4c3=O)c21. The van der Waals surface area contributed by atoms with Crippen LogP contribution in [0.2, 0.25) is 5.02 Å². The van der Waals surface area contributed by atoms with Crippen LogP contribution in [0.3, 0.4) is 0 Å². The summed E-state index contributed by atoms with van der Waals surface area (Å²) in [4.78, 5) is 37.5. The van der Waals surface area contributed by atoms with Gasteiger partial charge in [-0.15, -0.1) is 0 Å². The second kappa shape index (κ2) is 15.3. The first-order valence-corrected chi connectivity index (χ1v) is 21.5. The lowest BCUT2D eigenvalue weighted by atomic mass is 10.0. The zero-order chi connectivity index (χ0) is 46.7. The van der Waals surface area contributed by atoms with Gasteiger partial charge in [-0.05, 0) is 66.4 Å². The molecule has 65 heavy (non-hydrogen) atoms. The summed E-state index contributed by atoms with van der Waals surface area (Å²) < 4.78 is 160. The molecule has 0 aliphatic heterocycles. The molecule has 24 heteroatoms. The van der Waals surface area contributed by atoms with E-state index in [2.05, 4.69) is 25.2 Å². The number of aromatic nitrogens is 7. The number of rotatable bonds is 11. The van der Waals surface area contributed by atoms with E-state index < -0.39 is 105 Å². The minimum Gasteiger partial charge on any atom is -0.344 e. The van der Waals surface area contributed by atoms with E-state index >= 15 is 8.78 Å². The Morgan fingerprint density at radius 1 is 1.00 bits per heavy atom. The number of fused-ring (bicyclic) bond motifs is 5. The van der Waals surface area contributed by atoms with E-state index in [1.165, 1.54) is 48.1 Å². The van der Waals surface area contributed by atoms with Gasteiger partial charge in [-0.25, -0.2) is 35.9 Å². The van der Waals surface area contributed by atoms with E-state index in [-0.39, 0.29) is 67.1 Å². The molecular formula is C41H29ClF9N9O4S. The number of aryl methyl sites for hydroxylation is 1. The van der Waals surface area contributed by atoms with Crippen molar-refractivity contribution in [3.63, 3.8) is 0 Å². The number of hydrogen-bond acceptors (Lipinski definition) is 8. The first-order chi connectivity index (χ1) is 30.5. The zero-order valence-electron chi connectivity index (χ0n) is 33.2. The summed E-state index contributed by atoms with van der Waals surface area (Å²) >= 11 is 6.59. The summed E-state index contributed by atoms with van der Waals surface area (Å²) in [7, 11) is -2.60. The summed E-state index contributed by atoms with van der Waals surface area (Å²) in [6.45, 7) is -1.07. The number of nitrogens with zero attached hydrogens (tertiary/aromatic N) is 7. The Labute approximate surface area is 364 Å². The fourth-order valence-electron chi connectivity index (χ4n) is 8.49. The Balaban J connectivity index is 1.26. The molecule has 0 bridgehead atoms. The maximum atomic E-state index is 15.5. The lowest BCUT2D eigenvalue weighted by Gasteiger charge is -2.24. The van der Waals surface area contributed by atoms with Gasteiger partial charge >= 0.3 is 6.18 Å². The monoisotopic (exact) mass is 949 g/mol. The molecule has 1 saturated carbocycles. The quantitative estimate of drug-likeness (QED) is 0.123. The smallest absolute Gasteiger partial charge is 0.344 e. The van der Waals surface area contributed by atoms with Crippen molar-refractivity contribution >= 4 is 55.2 Å². The summed E-state index contributed by atoms with van der Waals surface area (Å²) in [5.41, 5.74) is -4.81. The fraction of sp³-hybridized carbons (Fsp3) is 0.268. The summed E-state index contributed by atoms with van der Waals surface area (Å²) in [5.74, 6) is -9.72. The molecule has 1 fully saturated rings. The molecule has 0 saturated heterocycles. The molecule has 1 unspecified atom stereocenters. The van der Waals surface area contributed by atoms with Gasteiger partial charge in [0.05, 0.1) is 50.5 Å². The predicted molar refractivity (Wildman–Crippen MR) is 216 cm³/mol. The lowest BCUT2D eigenvalue weighted by molar-refractivity contribution is -0.141. The van der Waals surface area contributed by atoms with Crippen LogP contribution in [0, 0.1) is 17.6 Å². The van der Waals surface area contributed by atoms with Gasteiger partial charge in [-0.2, -0.15) is 32.1 Å². The maximum Gasteiger partial charge on any atom is 0.433 e. The minimum absolute atomic E-state index is 0.00670. The Bertz CT molecular complexity index is 3300. The molecule has 1 amide bonds. The van der Waals surface area contributed by atoms with Crippen molar-refractivity contribution in [2.24, 2.45) is 13.0 Å². The van der Waals surface area contributed by atoms with Crippen LogP contribution in [0.15, 0.2) is 71.5 Å². The Hall–Kier alpha value is -6.49. The Morgan fingerprint density at radius 3 is 2.40 bits per heavy atom. The van der Waals surface area contributed by atoms with Crippen LogP contribution >= 0.6 is 11.6 Å². The van der Waals surface area contributed by atoms with E-state index in [1.54, 1.807) is 0 Å². The van der Waals surface area contributed by atoms with Gasteiger partial charge < -0.3 is 5.32 Å². The number of alkyl halides is 7. The van der Waals surface area contributed by atoms with E-state index in [9.17, 15) is 48.7 Å². The molecule has 2 aliphatic carbocycles. The minimum atomic E-state index is -4.83. The first kappa shape index (κ1) is 43.7. The van der Waals surface area contributed by atoms with Gasteiger partial charge in [0, 0.05) is 36.6 Å². The second-order valence-electron chi connectivity index (χ2n) is 15.7. The van der Waals surface area contributed by atoms with Crippen molar-refractivity contribution in [2.75, 3.05) is 11.0 Å². The molecule has 2 N–H and O–H groups in total. The second-order valence-corrected chi connectivity index (χ2v) is 17.8. The number of carbonyl (C=O) groups is 1. The van der Waals surface area contributed by atoms with Crippen LogP contribution in [0.5, 0.6) is 0 Å². The number of halogens is 10. The summed E-state index contributed by atoms with van der Waals surface area (Å²) in [6, 6.07) is 10.2. The van der Waals surface area contributed by atoms with Gasteiger partial charge in [-0.1, -0.05) is 23.7 Å². The molecule has 338 valence electrons. The van der Waals surface area contributed by atoms with Crippen molar-refractivity contribution in [3.8, 4) is 16.9 Å². The Morgan fingerprint density at radius 2 is 1.72 bits per heavy atom. The molecule has 13 nitrogen and oxygen atoms in total. The predicted octanol–water partition coefficient (Wildman–Crippen LogP) is 8.10. The van der Waals surface area contributed by atoms with Gasteiger partial charge in [0.2, 0.25) is 15.9 Å². The lowest BCUT2D eigenvalue weighted by Crippen LogP contribution is -2.38. The number of benzene rings is 3. The van der Waals surface area contributed by atoms with E-state index in [0.717, 1.165) is 35.1 Å². The first-order valence-electron chi connectivity index (χ1n) is 19.3. The molecule has 0 spiro atoms. The van der Waals surface area contributed by atoms with Crippen molar-refractivity contribution in [1.82, 2.24) is 39.4 Å². The van der Waals surface area contributed by atoms with E-state index in [4.69, 9.17) is 16.6 Å². The van der Waals surface area contributed by atoms with Gasteiger partial charge in [0.1, 0.15) is 41.1 Å². The molecule has 3 aromatic carbocycles. The highest BCUT2D eigenvalue weighted by Gasteiger charge is 2.67. The van der Waals surface area contributed by atoms with Crippen LogP contribution in [-0.2, 0) is 46.9 Å². The maximum absolute atomic E-state index is 15.5. The van der Waals surface area contributed by atoms with Crippen LogP contribution in [-0.4, -0.2) is 54.7 Å². The Kier molecular flexibility index (Phi) is 10.3. The topological polar surface area (TPSA) is 159 Å². The summed E-state index contributed by atoms with van der Waals surface area (Å²) in [5, 5.41) is 10.3. The number of pyridine rings is 1. The van der Waals surface area contributed by atoms with Gasteiger partial charge in [0.25, 0.3) is 17.9 Å². The molecule has 9 rings (SSSR count). The van der Waals surface area contributed by atoms with Crippen LogP contribution in [0.4, 0.5) is 45.3 Å². The van der Waals surface area contributed by atoms with Crippen molar-refractivity contribution in [2.45, 2.75) is 49.9 Å². The number of amides is 1. The number of nitrogens with one attached hydrogen (secondary N) is 2. The molecule has 3 atom stereocenters. The molecule has 0 radical (unpaired) electrons. The highest BCUT2D eigenvalue weighted by molar-refractivity contribution is 7.92. The van der Waals surface area contributed by atoms with E-state index in [1.807, 2.05) is 0 Å². The highest BCUT2D eigenvalue weighted by atomic mass is 35.5. The number of hydrogen-bond donors (Lipinski definition) is 2. The van der Waals surface area contributed by atoms with Crippen molar-refractivity contribution in [3.05, 3.63) is 128 Å². The number of anilines is 1. The molecule has 4 heterocycles. The highest BCUT2D eigenvalue weighted by Crippen LogP contribution is 2.68. The fourth-order valence-corrected chi connectivity index (χ4v) is 9.23. The normalized spacial score (nSPS) is 17.1. The van der Waals surface area contributed by atoms with Crippen molar-refractivity contribution < 1.29 is 52.7 Å². The number of carbonyl (C=O) groups excluding carboxylic acids is 1. The standard InChI is InChI=1S/C41H29ClF9N9O4S/c1-58-34-28(9-8-24(42)32(34)37(56-58)57-65(2,63)64)60-38(54-26-13-18(6-7-21(26)39(60)62)25-4-3-5-29(52-25)41(49,50)51)27(12-17-10-19(43)14-20(44)11-17)53-30(61)16-59-35-31(33(55-59)36(45)46)22-15-23(22)40(35,47)48/h3-11,13-14,22-23,27,36H,12,15-16H2,1-2H3,(H,53,61)(H,56,57)/t22-,23+,27?/m0/s1. The molecule has 7 aromatic rings. The van der Waals surface area contributed by atoms with Gasteiger partial charge in [-0.3, -0.25) is 28.2 Å². The molecule has 4 aromatic heterocycles. The average molecular weight is 950 g/mol.